The molecule has 1 atom stereocenters. The molecular formula is C29H34N4O6S. The van der Waals surface area contributed by atoms with E-state index in [0.29, 0.717) is 56.6 Å². The maximum absolute atomic E-state index is 13.9. The Morgan fingerprint density at radius 3 is 2.52 bits per heavy atom. The van der Waals surface area contributed by atoms with Crippen LogP contribution in [-0.2, 0) is 9.53 Å². The summed E-state index contributed by atoms with van der Waals surface area (Å²) in [6.07, 6.45) is 1.74. The monoisotopic (exact) mass is 566 g/mol. The smallest absolute Gasteiger partial charge is 0.338 e. The van der Waals surface area contributed by atoms with Gasteiger partial charge in [-0.05, 0) is 51.6 Å². The Hall–Kier alpha value is -3.83. The average molecular weight is 567 g/mol. The Morgan fingerprint density at radius 1 is 1.10 bits per heavy atom. The number of furan rings is 1. The van der Waals surface area contributed by atoms with E-state index < -0.39 is 12.0 Å². The van der Waals surface area contributed by atoms with Crippen LogP contribution in [-0.4, -0.2) is 69.0 Å². The molecular weight excluding hydrogens is 532 g/mol. The summed E-state index contributed by atoms with van der Waals surface area (Å²) >= 11 is 1.26. The first-order valence-corrected chi connectivity index (χ1v) is 14.2. The van der Waals surface area contributed by atoms with Gasteiger partial charge >= 0.3 is 5.97 Å². The van der Waals surface area contributed by atoms with Gasteiger partial charge in [-0.2, -0.15) is 0 Å². The number of carbonyl (C=O) groups excluding carboxylic acids is 1. The number of nitrogens with zero attached hydrogens (tertiary/aromatic N) is 4. The van der Waals surface area contributed by atoms with Gasteiger partial charge in [0.05, 0.1) is 42.2 Å². The summed E-state index contributed by atoms with van der Waals surface area (Å²) in [5, 5.41) is 0. The molecule has 1 saturated heterocycles. The quantitative estimate of drug-likeness (QED) is 0.384. The van der Waals surface area contributed by atoms with Crippen molar-refractivity contribution < 1.29 is 23.4 Å². The van der Waals surface area contributed by atoms with Gasteiger partial charge in [-0.15, -0.1) is 0 Å². The second kappa shape index (κ2) is 11.7. The predicted molar refractivity (Wildman–Crippen MR) is 153 cm³/mol. The number of methoxy groups -OCH3 is 1. The summed E-state index contributed by atoms with van der Waals surface area (Å²) in [7, 11) is 3.43. The number of aromatic nitrogens is 1. The van der Waals surface area contributed by atoms with E-state index in [9.17, 15) is 9.59 Å². The van der Waals surface area contributed by atoms with Gasteiger partial charge in [-0.3, -0.25) is 9.36 Å². The molecule has 10 nitrogen and oxygen atoms in total. The van der Waals surface area contributed by atoms with Crippen molar-refractivity contribution in [2.45, 2.75) is 26.8 Å². The zero-order valence-electron chi connectivity index (χ0n) is 23.4. The molecule has 0 N–H and O–H groups in total. The second-order valence-electron chi connectivity index (χ2n) is 9.61. The number of carbonyl (C=O) groups is 1. The molecule has 0 aliphatic carbocycles. The molecule has 2 aliphatic heterocycles. The lowest BCUT2D eigenvalue weighted by atomic mass is 9.95. The Labute approximate surface area is 236 Å². The number of hydrogen-bond donors (Lipinski definition) is 0. The van der Waals surface area contributed by atoms with E-state index in [4.69, 9.17) is 18.6 Å². The number of rotatable bonds is 8. The molecule has 1 aromatic carbocycles. The maximum Gasteiger partial charge on any atom is 0.338 e. The van der Waals surface area contributed by atoms with Gasteiger partial charge in [0.2, 0.25) is 0 Å². The number of allylic oxidation sites excluding steroid dienone is 1. The molecule has 3 aromatic rings. The van der Waals surface area contributed by atoms with Crippen molar-refractivity contribution in [1.29, 1.82) is 0 Å². The Kier molecular flexibility index (Phi) is 8.13. The third-order valence-electron chi connectivity index (χ3n) is 7.01. The Balaban J connectivity index is 1.60. The highest BCUT2D eigenvalue weighted by atomic mass is 32.1. The number of thiazole rings is 1. The Bertz CT molecular complexity index is 1610. The topological polar surface area (TPSA) is 98.7 Å². The number of hydrogen-bond acceptors (Lipinski definition) is 10. The van der Waals surface area contributed by atoms with Crippen molar-refractivity contribution in [2.75, 3.05) is 58.5 Å². The minimum Gasteiger partial charge on any atom is -0.490 e. The molecule has 0 bridgehead atoms. The predicted octanol–water partition coefficient (Wildman–Crippen LogP) is 2.55. The third kappa shape index (κ3) is 5.31. The number of ether oxygens (including phenoxy) is 3. The van der Waals surface area contributed by atoms with Crippen LogP contribution < -0.4 is 29.3 Å². The highest BCUT2D eigenvalue weighted by Gasteiger charge is 2.33. The molecule has 40 heavy (non-hydrogen) atoms. The molecule has 0 saturated carbocycles. The summed E-state index contributed by atoms with van der Waals surface area (Å²) < 4.78 is 24.8. The van der Waals surface area contributed by atoms with E-state index in [2.05, 4.69) is 21.8 Å². The first-order valence-electron chi connectivity index (χ1n) is 13.4. The molecule has 0 unspecified atom stereocenters. The van der Waals surface area contributed by atoms with E-state index >= 15 is 0 Å². The standard InChI is InChI=1S/C29H34N4O6S/c1-6-37-21-10-8-19(16-22(21)38-7-2)26-25(28(35)36-5)18(3)30-29-33(26)27(34)23(40-29)17-20-9-11-24(39-20)32-14-12-31(4)13-15-32/h8-11,16-17,26H,6-7,12-15H2,1-5H3/b23-17-/t26-/m1/s1. The fourth-order valence-corrected chi connectivity index (χ4v) is 6.02. The fraction of sp³-hybridized carbons (Fsp3) is 0.414. The molecule has 1 fully saturated rings. The van der Waals surface area contributed by atoms with Crippen molar-refractivity contribution in [1.82, 2.24) is 9.47 Å². The van der Waals surface area contributed by atoms with Crippen molar-refractivity contribution in [3.8, 4) is 11.5 Å². The zero-order valence-corrected chi connectivity index (χ0v) is 24.2. The minimum absolute atomic E-state index is 0.271. The summed E-state index contributed by atoms with van der Waals surface area (Å²) in [5.74, 6) is 1.95. The molecule has 0 amide bonds. The molecule has 4 heterocycles. The lowest BCUT2D eigenvalue weighted by Crippen LogP contribution is -2.44. The number of anilines is 1. The summed E-state index contributed by atoms with van der Waals surface area (Å²) in [6, 6.07) is 8.50. The largest absolute Gasteiger partial charge is 0.490 e. The van der Waals surface area contributed by atoms with Gasteiger partial charge in [0.25, 0.3) is 5.56 Å². The highest BCUT2D eigenvalue weighted by molar-refractivity contribution is 7.07. The number of likely N-dealkylation sites (N-methyl/N-ethyl adjacent to an activating group) is 1. The summed E-state index contributed by atoms with van der Waals surface area (Å²) in [5.41, 5.74) is 1.20. The van der Waals surface area contributed by atoms with E-state index in [1.807, 2.05) is 38.1 Å². The van der Waals surface area contributed by atoms with E-state index in [1.54, 1.807) is 23.6 Å². The van der Waals surface area contributed by atoms with Gasteiger partial charge in [0.1, 0.15) is 5.76 Å². The first kappa shape index (κ1) is 27.7. The summed E-state index contributed by atoms with van der Waals surface area (Å²) in [6.45, 7) is 10.1. The molecule has 11 heteroatoms. The second-order valence-corrected chi connectivity index (χ2v) is 10.6. The Morgan fingerprint density at radius 2 is 1.82 bits per heavy atom. The molecule has 212 valence electrons. The van der Waals surface area contributed by atoms with Crippen LogP contribution in [0, 0.1) is 0 Å². The van der Waals surface area contributed by atoms with E-state index in [1.165, 1.54) is 18.4 Å². The number of benzene rings is 1. The van der Waals surface area contributed by atoms with E-state index in [0.717, 1.165) is 32.1 Å². The first-order chi connectivity index (χ1) is 19.3. The third-order valence-corrected chi connectivity index (χ3v) is 7.99. The highest BCUT2D eigenvalue weighted by Crippen LogP contribution is 2.36. The normalized spacial score (nSPS) is 18.0. The van der Waals surface area contributed by atoms with Crippen LogP contribution in [0.3, 0.4) is 0 Å². The van der Waals surface area contributed by atoms with Crippen LogP contribution in [0.15, 0.2) is 55.8 Å². The van der Waals surface area contributed by atoms with Gasteiger partial charge in [0, 0.05) is 38.3 Å². The number of esters is 1. The van der Waals surface area contributed by atoms with E-state index in [-0.39, 0.29) is 5.56 Å². The number of piperazine rings is 1. The van der Waals surface area contributed by atoms with Gasteiger partial charge in [-0.1, -0.05) is 17.4 Å². The van der Waals surface area contributed by atoms with Crippen molar-refractivity contribution in [3.63, 3.8) is 0 Å². The van der Waals surface area contributed by atoms with Crippen LogP contribution in [0.2, 0.25) is 0 Å². The fourth-order valence-electron chi connectivity index (χ4n) is 4.99. The van der Waals surface area contributed by atoms with Crippen LogP contribution in [0.4, 0.5) is 5.88 Å². The van der Waals surface area contributed by atoms with Crippen LogP contribution >= 0.6 is 11.3 Å². The van der Waals surface area contributed by atoms with Crippen molar-refractivity contribution in [2.24, 2.45) is 4.99 Å². The van der Waals surface area contributed by atoms with Crippen molar-refractivity contribution in [3.05, 3.63) is 72.6 Å². The SMILES string of the molecule is CCOc1ccc([C@@H]2C(C(=O)OC)=C(C)N=c3s/c(=C\c4ccc(N5CCN(C)CC5)o4)c(=O)n32)cc1OCC. The van der Waals surface area contributed by atoms with Crippen LogP contribution in [0.25, 0.3) is 6.08 Å². The molecule has 2 aromatic heterocycles. The average Bonchev–Trinajstić information content (AvgIpc) is 3.53. The molecule has 2 aliphatic rings. The van der Waals surface area contributed by atoms with Gasteiger partial charge in [-0.25, -0.2) is 9.79 Å². The zero-order chi connectivity index (χ0) is 28.4. The summed E-state index contributed by atoms with van der Waals surface area (Å²) in [4.78, 5) is 36.5. The van der Waals surface area contributed by atoms with Gasteiger partial charge < -0.3 is 28.4 Å². The maximum atomic E-state index is 13.9. The lowest BCUT2D eigenvalue weighted by Gasteiger charge is -2.32. The minimum atomic E-state index is -0.752. The van der Waals surface area contributed by atoms with Crippen molar-refractivity contribution >= 4 is 29.3 Å². The number of fused-ring (bicyclic) bond motifs is 1. The van der Waals surface area contributed by atoms with Crippen LogP contribution in [0.1, 0.15) is 38.1 Å². The molecule has 0 spiro atoms. The lowest BCUT2D eigenvalue weighted by molar-refractivity contribution is -0.136. The van der Waals surface area contributed by atoms with Gasteiger partial charge in [0.15, 0.2) is 22.2 Å². The molecule has 5 rings (SSSR count). The molecule has 0 radical (unpaired) electrons. The van der Waals surface area contributed by atoms with Crippen LogP contribution in [0.5, 0.6) is 11.5 Å².